The third-order valence-corrected chi connectivity index (χ3v) is 5.67. The van der Waals surface area contributed by atoms with Gasteiger partial charge in [-0.2, -0.15) is 0 Å². The summed E-state index contributed by atoms with van der Waals surface area (Å²) in [6.45, 7) is 3.83. The van der Waals surface area contributed by atoms with Crippen molar-refractivity contribution in [2.75, 3.05) is 12.3 Å². The number of amides is 2. The minimum atomic E-state index is -0.489. The Labute approximate surface area is 183 Å². The van der Waals surface area contributed by atoms with Crippen LogP contribution >= 0.6 is 0 Å². The third-order valence-electron chi connectivity index (χ3n) is 5.67. The van der Waals surface area contributed by atoms with Crippen LogP contribution in [0.3, 0.4) is 0 Å². The molecule has 2 aromatic heterocycles. The van der Waals surface area contributed by atoms with Crippen molar-refractivity contribution in [3.8, 4) is 11.1 Å². The van der Waals surface area contributed by atoms with Crippen molar-refractivity contribution in [3.05, 3.63) is 82.9 Å². The van der Waals surface area contributed by atoms with Crippen LogP contribution in [0.5, 0.6) is 0 Å². The first kappa shape index (κ1) is 19.7. The first-order valence-corrected chi connectivity index (χ1v) is 10.1. The number of anilines is 1. The molecule has 4 aromatic rings. The van der Waals surface area contributed by atoms with Crippen molar-refractivity contribution in [1.82, 2.24) is 15.3 Å². The molecule has 0 spiro atoms. The Morgan fingerprint density at radius 1 is 1.00 bits per heavy atom. The van der Waals surface area contributed by atoms with Crippen LogP contribution in [0.15, 0.2) is 63.8 Å². The molecule has 0 bridgehead atoms. The maximum absolute atomic E-state index is 12.9. The molecule has 0 saturated heterocycles. The van der Waals surface area contributed by atoms with Crippen molar-refractivity contribution in [2.45, 2.75) is 19.9 Å². The lowest BCUT2D eigenvalue weighted by molar-refractivity contribution is -0.776. The highest BCUT2D eigenvalue weighted by Gasteiger charge is 2.40. The van der Waals surface area contributed by atoms with E-state index in [0.29, 0.717) is 11.1 Å². The topological polar surface area (TPSA) is 119 Å². The molecule has 1 atom stereocenters. The summed E-state index contributed by atoms with van der Waals surface area (Å²) in [5.41, 5.74) is 10.0. The van der Waals surface area contributed by atoms with Crippen LogP contribution in [-0.2, 0) is 0 Å². The number of hydrogen-bond acceptors (Lipinski definition) is 7. The van der Waals surface area contributed by atoms with Crippen LogP contribution in [0.25, 0.3) is 11.1 Å². The van der Waals surface area contributed by atoms with E-state index >= 15 is 0 Å². The number of hydrogen-bond donors (Lipinski definition) is 1. The van der Waals surface area contributed by atoms with Gasteiger partial charge in [0, 0.05) is 11.1 Å². The van der Waals surface area contributed by atoms with Gasteiger partial charge in [-0.1, -0.05) is 41.6 Å². The van der Waals surface area contributed by atoms with Crippen molar-refractivity contribution >= 4 is 17.7 Å². The van der Waals surface area contributed by atoms with Crippen LogP contribution < -0.4 is 10.4 Å². The van der Waals surface area contributed by atoms with Crippen molar-refractivity contribution in [2.24, 2.45) is 0 Å². The zero-order valence-electron chi connectivity index (χ0n) is 17.5. The van der Waals surface area contributed by atoms with Crippen molar-refractivity contribution in [1.29, 1.82) is 0 Å². The standard InChI is InChI=1S/C23H20N5O4/c1-13-21(14(2)31-25-13)16-9-7-15(8-10-16)19(28-12-20(24)32-26-28)11-27-22(29)17-5-3-4-6-18(17)23(27)30/h3-10,12,19H,11,24H2,1-2H3/q+1/t19-/m0/s1. The van der Waals surface area contributed by atoms with Gasteiger partial charge in [0.05, 0.1) is 23.4 Å². The number of nitrogens with two attached hydrogens (primary N) is 1. The molecule has 2 N–H and O–H groups in total. The van der Waals surface area contributed by atoms with Crippen LogP contribution in [0.2, 0.25) is 0 Å². The van der Waals surface area contributed by atoms with Crippen LogP contribution in [0.4, 0.5) is 5.88 Å². The molecule has 5 rings (SSSR count). The van der Waals surface area contributed by atoms with Crippen LogP contribution in [0, 0.1) is 13.8 Å². The van der Waals surface area contributed by atoms with E-state index in [0.717, 1.165) is 28.1 Å². The van der Waals surface area contributed by atoms with Gasteiger partial charge in [0.25, 0.3) is 23.9 Å². The van der Waals surface area contributed by atoms with Crippen LogP contribution in [0.1, 0.15) is 43.8 Å². The Hall–Kier alpha value is -4.27. The van der Waals surface area contributed by atoms with E-state index in [-0.39, 0.29) is 24.2 Å². The van der Waals surface area contributed by atoms with Gasteiger partial charge in [0.15, 0.2) is 0 Å². The zero-order valence-corrected chi connectivity index (χ0v) is 17.5. The molecule has 0 radical (unpaired) electrons. The van der Waals surface area contributed by atoms with Gasteiger partial charge in [-0.3, -0.25) is 19.0 Å². The summed E-state index contributed by atoms with van der Waals surface area (Å²) in [5.74, 6) is 0.196. The maximum atomic E-state index is 12.9. The van der Waals surface area contributed by atoms with Gasteiger partial charge in [-0.05, 0) is 36.2 Å². The monoisotopic (exact) mass is 430 g/mol. The third kappa shape index (κ3) is 3.15. The molecule has 2 aromatic carbocycles. The molecule has 9 nitrogen and oxygen atoms in total. The lowest BCUT2D eigenvalue weighted by atomic mass is 9.99. The van der Waals surface area contributed by atoms with Crippen molar-refractivity contribution < 1.29 is 23.3 Å². The first-order valence-electron chi connectivity index (χ1n) is 10.1. The van der Waals surface area contributed by atoms with E-state index in [2.05, 4.69) is 10.4 Å². The molecule has 32 heavy (non-hydrogen) atoms. The molecule has 0 aliphatic carbocycles. The maximum Gasteiger partial charge on any atom is 0.293 e. The molecule has 9 heteroatoms. The second kappa shape index (κ2) is 7.45. The largest absolute Gasteiger partial charge is 0.362 e. The van der Waals surface area contributed by atoms with Gasteiger partial charge in [0.2, 0.25) is 11.3 Å². The Morgan fingerprint density at radius 3 is 2.19 bits per heavy atom. The summed E-state index contributed by atoms with van der Waals surface area (Å²) in [4.78, 5) is 27.0. The highest BCUT2D eigenvalue weighted by atomic mass is 16.5. The molecule has 160 valence electrons. The summed E-state index contributed by atoms with van der Waals surface area (Å²) < 4.78 is 11.8. The molecule has 3 heterocycles. The second-order valence-electron chi connectivity index (χ2n) is 7.69. The number of carbonyl (C=O) groups excluding carboxylic acids is 2. The molecule has 0 fully saturated rings. The number of aromatic nitrogens is 3. The fourth-order valence-corrected chi connectivity index (χ4v) is 4.11. The summed E-state index contributed by atoms with van der Waals surface area (Å²) >= 11 is 0. The fourth-order valence-electron chi connectivity index (χ4n) is 4.11. The van der Waals surface area contributed by atoms with Gasteiger partial charge in [-0.15, -0.1) is 0 Å². The summed E-state index contributed by atoms with van der Waals surface area (Å²) in [6, 6.07) is 14.0. The smallest absolute Gasteiger partial charge is 0.293 e. The minimum Gasteiger partial charge on any atom is -0.362 e. The average Bonchev–Trinajstić information content (AvgIpc) is 3.44. The normalized spacial score (nSPS) is 14.1. The van der Waals surface area contributed by atoms with E-state index in [1.54, 1.807) is 24.3 Å². The van der Waals surface area contributed by atoms with E-state index in [1.165, 1.54) is 15.8 Å². The van der Waals surface area contributed by atoms with E-state index in [4.69, 9.17) is 14.8 Å². The number of imide groups is 1. The lowest BCUT2D eigenvalue weighted by Crippen LogP contribution is -2.48. The fraction of sp³-hybridized carbons (Fsp3) is 0.174. The Morgan fingerprint density at radius 2 is 1.66 bits per heavy atom. The van der Waals surface area contributed by atoms with E-state index in [1.807, 2.05) is 38.1 Å². The predicted molar refractivity (Wildman–Crippen MR) is 112 cm³/mol. The SMILES string of the molecule is Cc1noc(C)c1-c1ccc([C@H](CN2C(=O)c3ccccc3C2=O)[n+]2cc(N)on2)cc1. The number of aryl methyl sites for hydroxylation is 2. The number of nitrogen functional groups attached to an aromatic ring is 1. The number of carbonyl (C=O) groups is 2. The van der Waals surface area contributed by atoms with Crippen LogP contribution in [-0.4, -0.2) is 33.7 Å². The summed E-state index contributed by atoms with van der Waals surface area (Å²) in [5, 5.41) is 7.98. The molecule has 0 saturated carbocycles. The number of fused-ring (bicyclic) bond motifs is 1. The minimum absolute atomic E-state index is 0.0770. The molecule has 2 amide bonds. The molecule has 1 aliphatic rings. The number of benzene rings is 2. The molecular formula is C23H20N5O4+. The molecule has 0 unspecified atom stereocenters. The van der Waals surface area contributed by atoms with Crippen molar-refractivity contribution in [3.63, 3.8) is 0 Å². The number of rotatable bonds is 5. The molecule has 1 aliphatic heterocycles. The van der Waals surface area contributed by atoms with Gasteiger partial charge in [0.1, 0.15) is 5.76 Å². The van der Waals surface area contributed by atoms with E-state index < -0.39 is 6.04 Å². The van der Waals surface area contributed by atoms with E-state index in [9.17, 15) is 9.59 Å². The second-order valence-corrected chi connectivity index (χ2v) is 7.69. The molecular weight excluding hydrogens is 410 g/mol. The predicted octanol–water partition coefficient (Wildman–Crippen LogP) is 2.70. The van der Waals surface area contributed by atoms with Gasteiger partial charge in [-0.25, -0.2) is 0 Å². The zero-order chi connectivity index (χ0) is 22.4. The Bertz CT molecular complexity index is 1280. The number of nitrogens with zero attached hydrogens (tertiary/aromatic N) is 4. The highest BCUT2D eigenvalue weighted by Crippen LogP contribution is 2.29. The summed E-state index contributed by atoms with van der Waals surface area (Å²) in [6.07, 6.45) is 1.53. The quantitative estimate of drug-likeness (QED) is 0.382. The van der Waals surface area contributed by atoms with Gasteiger partial charge < -0.3 is 10.3 Å². The first-order chi connectivity index (χ1) is 15.4. The average molecular weight is 430 g/mol. The van der Waals surface area contributed by atoms with Gasteiger partial charge >= 0.3 is 0 Å². The Kier molecular flexibility index (Phi) is 4.58. The Balaban J connectivity index is 1.50. The summed E-state index contributed by atoms with van der Waals surface area (Å²) in [7, 11) is 0. The highest BCUT2D eigenvalue weighted by molar-refractivity contribution is 6.21. The lowest BCUT2D eigenvalue weighted by Gasteiger charge is -2.17.